The largest absolute Gasteiger partial charge is 0.274 e. The minimum Gasteiger partial charge on any atom is -0.274 e. The fraction of sp³-hybridized carbons (Fsp3) is 0.400. The number of rotatable bonds is 14. The molecule has 0 saturated carbocycles. The standard InChI is InChI=1S/C40H42N2O4S2/c1-5-9-17-41-37(43)25-15-13-23-34-30(48-20-12-8-4)22-28-32-26(38(44)42(40(28)46)18-10-6-2)16-14-24(36(32)34)33-29(47-19-11-7-3)21-27(39(41)45)31(25)35(23)33/h13-16,21-22H,5-12,17-20H2,1-4H3. The number of imide groups is 2. The van der Waals surface area contributed by atoms with Crippen LogP contribution in [0.15, 0.2) is 46.2 Å². The number of amides is 4. The second kappa shape index (κ2) is 13.4. The summed E-state index contributed by atoms with van der Waals surface area (Å²) in [6.07, 6.45) is 7.47. The Balaban J connectivity index is 1.62. The Morgan fingerprint density at radius 1 is 0.458 bits per heavy atom. The first-order chi connectivity index (χ1) is 23.4. The van der Waals surface area contributed by atoms with Crippen LogP contribution in [0.4, 0.5) is 0 Å². The summed E-state index contributed by atoms with van der Waals surface area (Å²) in [6.45, 7) is 9.28. The molecule has 0 radical (unpaired) electrons. The van der Waals surface area contributed by atoms with Crippen LogP contribution in [0.5, 0.6) is 0 Å². The van der Waals surface area contributed by atoms with Gasteiger partial charge in [0, 0.05) is 77.5 Å². The Morgan fingerprint density at radius 3 is 1.21 bits per heavy atom. The Bertz CT molecular complexity index is 1990. The van der Waals surface area contributed by atoms with Gasteiger partial charge in [0.2, 0.25) is 0 Å². The van der Waals surface area contributed by atoms with E-state index in [9.17, 15) is 19.2 Å². The van der Waals surface area contributed by atoms with Crippen molar-refractivity contribution in [1.82, 2.24) is 9.80 Å². The molecule has 2 heterocycles. The average molecular weight is 679 g/mol. The van der Waals surface area contributed by atoms with E-state index >= 15 is 0 Å². The summed E-state index contributed by atoms with van der Waals surface area (Å²) in [5.41, 5.74) is 2.31. The third-order valence-corrected chi connectivity index (χ3v) is 12.2. The van der Waals surface area contributed by atoms with Gasteiger partial charge in [0.1, 0.15) is 0 Å². The number of fused-ring (bicyclic) bond motifs is 2. The summed E-state index contributed by atoms with van der Waals surface area (Å²) in [6, 6.07) is 11.9. The molecule has 0 aromatic heterocycles. The van der Waals surface area contributed by atoms with Crippen molar-refractivity contribution in [3.8, 4) is 0 Å². The predicted octanol–water partition coefficient (Wildman–Crippen LogP) is 10.3. The first kappa shape index (κ1) is 32.9. The number of unbranched alkanes of at least 4 members (excludes halogenated alkanes) is 4. The summed E-state index contributed by atoms with van der Waals surface area (Å²) < 4.78 is 0. The van der Waals surface area contributed by atoms with E-state index in [4.69, 9.17) is 0 Å². The highest BCUT2D eigenvalue weighted by atomic mass is 32.2. The lowest BCUT2D eigenvalue weighted by Crippen LogP contribution is -2.41. The van der Waals surface area contributed by atoms with Gasteiger partial charge >= 0.3 is 0 Å². The summed E-state index contributed by atoms with van der Waals surface area (Å²) in [5, 5.41) is 7.27. The average Bonchev–Trinajstić information content (AvgIpc) is 3.09. The van der Waals surface area contributed by atoms with Crippen LogP contribution in [0.2, 0.25) is 0 Å². The van der Waals surface area contributed by atoms with Crippen LogP contribution in [0.25, 0.3) is 43.1 Å². The number of benzene rings is 5. The molecule has 2 aliphatic heterocycles. The summed E-state index contributed by atoms with van der Waals surface area (Å²) in [4.78, 5) is 61.0. The minimum absolute atomic E-state index is 0.223. The molecule has 2 aliphatic rings. The molecule has 6 nitrogen and oxygen atoms in total. The van der Waals surface area contributed by atoms with E-state index in [1.165, 1.54) is 9.80 Å². The Hall–Kier alpha value is -3.62. The quantitative estimate of drug-likeness (QED) is 0.0383. The van der Waals surface area contributed by atoms with E-state index in [2.05, 4.69) is 27.7 Å². The summed E-state index contributed by atoms with van der Waals surface area (Å²) >= 11 is 3.50. The number of nitrogens with zero attached hydrogens (tertiary/aromatic N) is 2. The van der Waals surface area contributed by atoms with Gasteiger partial charge in [-0.15, -0.1) is 23.5 Å². The highest BCUT2D eigenvalue weighted by Crippen LogP contribution is 2.51. The van der Waals surface area contributed by atoms with Crippen molar-refractivity contribution in [2.45, 2.75) is 88.9 Å². The Kier molecular flexibility index (Phi) is 9.16. The van der Waals surface area contributed by atoms with Crippen LogP contribution in [0.3, 0.4) is 0 Å². The molecule has 5 aromatic carbocycles. The smallest absolute Gasteiger partial charge is 0.261 e. The van der Waals surface area contributed by atoms with Crippen LogP contribution in [0.1, 0.15) is 120 Å². The molecule has 0 atom stereocenters. The van der Waals surface area contributed by atoms with Crippen molar-refractivity contribution in [3.05, 3.63) is 58.7 Å². The summed E-state index contributed by atoms with van der Waals surface area (Å²) in [5.74, 6) is 0.874. The van der Waals surface area contributed by atoms with E-state index in [1.807, 2.05) is 36.4 Å². The second-order valence-electron chi connectivity index (χ2n) is 13.1. The SMILES string of the molecule is CCCCSc1cc2c3c(ccc4c5c(SCCCC)cc6c7c(ccc(c1c34)c75)C(=O)N(CCCC)C6=O)C(=O)N(CCCC)C2=O. The second-order valence-corrected chi connectivity index (χ2v) is 15.3. The zero-order valence-corrected chi connectivity index (χ0v) is 29.9. The highest BCUT2D eigenvalue weighted by molar-refractivity contribution is 7.99. The van der Waals surface area contributed by atoms with Crippen molar-refractivity contribution >= 4 is 90.2 Å². The highest BCUT2D eigenvalue weighted by Gasteiger charge is 2.38. The van der Waals surface area contributed by atoms with Crippen LogP contribution < -0.4 is 0 Å². The molecular formula is C40H42N2O4S2. The summed E-state index contributed by atoms with van der Waals surface area (Å²) in [7, 11) is 0. The van der Waals surface area contributed by atoms with E-state index in [0.29, 0.717) is 35.3 Å². The van der Waals surface area contributed by atoms with Crippen LogP contribution >= 0.6 is 23.5 Å². The monoisotopic (exact) mass is 678 g/mol. The van der Waals surface area contributed by atoms with Gasteiger partial charge in [0.25, 0.3) is 23.6 Å². The van der Waals surface area contributed by atoms with Gasteiger partial charge in [-0.25, -0.2) is 0 Å². The van der Waals surface area contributed by atoms with Gasteiger partial charge < -0.3 is 0 Å². The van der Waals surface area contributed by atoms with Crippen molar-refractivity contribution in [2.75, 3.05) is 24.6 Å². The molecule has 0 aliphatic carbocycles. The maximum Gasteiger partial charge on any atom is 0.261 e. The van der Waals surface area contributed by atoms with Crippen LogP contribution in [-0.4, -0.2) is 58.0 Å². The van der Waals surface area contributed by atoms with Crippen LogP contribution in [0, 0.1) is 0 Å². The van der Waals surface area contributed by atoms with Crippen LogP contribution in [-0.2, 0) is 0 Å². The van der Waals surface area contributed by atoms with Gasteiger partial charge in [-0.1, -0.05) is 65.5 Å². The Morgan fingerprint density at radius 2 is 0.833 bits per heavy atom. The Labute approximate surface area is 290 Å². The van der Waals surface area contributed by atoms with E-state index < -0.39 is 0 Å². The molecule has 248 valence electrons. The lowest BCUT2D eigenvalue weighted by atomic mass is 9.82. The van der Waals surface area contributed by atoms with Gasteiger partial charge in [0.05, 0.1) is 0 Å². The van der Waals surface area contributed by atoms with Gasteiger partial charge in [-0.05, 0) is 72.2 Å². The molecule has 0 bridgehead atoms. The zero-order chi connectivity index (χ0) is 33.7. The number of hydrogen-bond donors (Lipinski definition) is 0. The third kappa shape index (κ3) is 5.01. The molecule has 4 amide bonds. The first-order valence-electron chi connectivity index (χ1n) is 17.6. The maximum atomic E-state index is 14.1. The molecule has 0 saturated heterocycles. The van der Waals surface area contributed by atoms with Crippen molar-refractivity contribution in [1.29, 1.82) is 0 Å². The number of carbonyl (C=O) groups is 4. The third-order valence-electron chi connectivity index (χ3n) is 9.92. The predicted molar refractivity (Wildman–Crippen MR) is 199 cm³/mol. The fourth-order valence-electron chi connectivity index (χ4n) is 7.41. The molecular weight excluding hydrogens is 637 g/mol. The normalized spacial score (nSPS) is 14.7. The van der Waals surface area contributed by atoms with Crippen molar-refractivity contribution in [2.24, 2.45) is 0 Å². The number of thioether (sulfide) groups is 2. The van der Waals surface area contributed by atoms with Crippen molar-refractivity contribution < 1.29 is 19.2 Å². The number of carbonyl (C=O) groups excluding carboxylic acids is 4. The molecule has 0 unspecified atom stereocenters. The van der Waals surface area contributed by atoms with E-state index in [0.717, 1.165) is 116 Å². The lowest BCUT2D eigenvalue weighted by molar-refractivity contribution is 0.0593. The minimum atomic E-state index is -0.234. The fourth-order valence-corrected chi connectivity index (χ4v) is 9.83. The molecule has 5 aromatic rings. The maximum absolute atomic E-state index is 14.1. The molecule has 48 heavy (non-hydrogen) atoms. The molecule has 0 N–H and O–H groups in total. The lowest BCUT2D eigenvalue weighted by Gasteiger charge is -2.31. The first-order valence-corrected chi connectivity index (χ1v) is 19.6. The molecule has 7 rings (SSSR count). The van der Waals surface area contributed by atoms with Gasteiger partial charge in [-0.3, -0.25) is 29.0 Å². The van der Waals surface area contributed by atoms with Gasteiger partial charge in [-0.2, -0.15) is 0 Å². The topological polar surface area (TPSA) is 74.8 Å². The van der Waals surface area contributed by atoms with Crippen molar-refractivity contribution in [3.63, 3.8) is 0 Å². The molecule has 0 fully saturated rings. The zero-order valence-electron chi connectivity index (χ0n) is 28.3. The van der Waals surface area contributed by atoms with Gasteiger partial charge in [0.15, 0.2) is 0 Å². The number of hydrogen-bond acceptors (Lipinski definition) is 6. The van der Waals surface area contributed by atoms with E-state index in [-0.39, 0.29) is 23.6 Å². The molecule has 0 spiro atoms. The van der Waals surface area contributed by atoms with E-state index in [1.54, 1.807) is 23.5 Å². The molecule has 8 heteroatoms.